The molecule has 0 saturated heterocycles. The maximum atomic E-state index is 12.0. The van der Waals surface area contributed by atoms with E-state index in [9.17, 15) is 9.59 Å². The second kappa shape index (κ2) is 7.24. The fraction of sp³-hybridized carbons (Fsp3) is 0.444. The van der Waals surface area contributed by atoms with Crippen molar-refractivity contribution in [2.45, 2.75) is 38.4 Å². The standard InChI is InChI=1S/C18H20O4/c1-3-10-18(22-13-14-7-5-4-6-8-14)11-9-16(19)15(12-18)17(20)21-2/h4-8,15H,9,11-13H2,1-2H3. The van der Waals surface area contributed by atoms with Crippen LogP contribution in [0.4, 0.5) is 0 Å². The van der Waals surface area contributed by atoms with Gasteiger partial charge in [0.1, 0.15) is 17.3 Å². The van der Waals surface area contributed by atoms with Gasteiger partial charge in [-0.15, -0.1) is 5.92 Å². The Bertz CT molecular complexity index is 589. The minimum Gasteiger partial charge on any atom is -0.468 e. The van der Waals surface area contributed by atoms with Crippen molar-refractivity contribution in [1.82, 2.24) is 0 Å². The van der Waals surface area contributed by atoms with Crippen molar-refractivity contribution >= 4 is 11.8 Å². The highest BCUT2D eigenvalue weighted by Crippen LogP contribution is 2.34. The highest BCUT2D eigenvalue weighted by molar-refractivity contribution is 5.99. The number of esters is 1. The molecule has 0 N–H and O–H groups in total. The van der Waals surface area contributed by atoms with Gasteiger partial charge in [-0.3, -0.25) is 9.59 Å². The number of methoxy groups -OCH3 is 1. The zero-order valence-electron chi connectivity index (χ0n) is 12.9. The van der Waals surface area contributed by atoms with E-state index in [-0.39, 0.29) is 18.6 Å². The van der Waals surface area contributed by atoms with Crippen LogP contribution in [0.3, 0.4) is 0 Å². The van der Waals surface area contributed by atoms with Crippen molar-refractivity contribution in [3.05, 3.63) is 35.9 Å². The van der Waals surface area contributed by atoms with Gasteiger partial charge in [0.25, 0.3) is 0 Å². The lowest BCUT2D eigenvalue weighted by molar-refractivity contribution is -0.156. The normalized spacial score (nSPS) is 24.3. The van der Waals surface area contributed by atoms with Crippen LogP contribution in [0.2, 0.25) is 0 Å². The van der Waals surface area contributed by atoms with Gasteiger partial charge in [0.05, 0.1) is 13.7 Å². The van der Waals surface area contributed by atoms with Crippen LogP contribution >= 0.6 is 0 Å². The Morgan fingerprint density at radius 2 is 2.09 bits per heavy atom. The van der Waals surface area contributed by atoms with Crippen LogP contribution in [0.15, 0.2) is 30.3 Å². The Morgan fingerprint density at radius 3 is 2.73 bits per heavy atom. The van der Waals surface area contributed by atoms with E-state index in [1.807, 2.05) is 30.3 Å². The first kappa shape index (κ1) is 16.3. The molecule has 0 radical (unpaired) electrons. The maximum absolute atomic E-state index is 12.0. The van der Waals surface area contributed by atoms with Gasteiger partial charge < -0.3 is 9.47 Å². The second-order valence-electron chi connectivity index (χ2n) is 5.39. The summed E-state index contributed by atoms with van der Waals surface area (Å²) in [5, 5.41) is 0. The summed E-state index contributed by atoms with van der Waals surface area (Å²) in [7, 11) is 1.29. The molecule has 2 atom stereocenters. The Kier molecular flexibility index (Phi) is 5.35. The van der Waals surface area contributed by atoms with Crippen molar-refractivity contribution in [1.29, 1.82) is 0 Å². The van der Waals surface area contributed by atoms with Crippen LogP contribution in [0.25, 0.3) is 0 Å². The van der Waals surface area contributed by atoms with Crippen LogP contribution in [0.5, 0.6) is 0 Å². The van der Waals surface area contributed by atoms with Crippen molar-refractivity contribution in [2.75, 3.05) is 7.11 Å². The van der Waals surface area contributed by atoms with E-state index >= 15 is 0 Å². The summed E-state index contributed by atoms with van der Waals surface area (Å²) in [6.45, 7) is 2.13. The number of ketones is 1. The summed E-state index contributed by atoms with van der Waals surface area (Å²) in [5.41, 5.74) is 0.267. The molecule has 0 aliphatic heterocycles. The third-order valence-corrected chi connectivity index (χ3v) is 3.89. The molecule has 0 spiro atoms. The highest BCUT2D eigenvalue weighted by Gasteiger charge is 2.43. The van der Waals surface area contributed by atoms with E-state index in [1.165, 1.54) is 7.11 Å². The lowest BCUT2D eigenvalue weighted by atomic mass is 9.77. The van der Waals surface area contributed by atoms with Gasteiger partial charge in [0.15, 0.2) is 0 Å². The van der Waals surface area contributed by atoms with Crippen molar-refractivity contribution in [2.24, 2.45) is 5.92 Å². The number of rotatable bonds is 4. The third kappa shape index (κ3) is 3.75. The molecule has 2 unspecified atom stereocenters. The fourth-order valence-electron chi connectivity index (χ4n) is 2.71. The Balaban J connectivity index is 2.15. The smallest absolute Gasteiger partial charge is 0.316 e. The van der Waals surface area contributed by atoms with Gasteiger partial charge in [0.2, 0.25) is 0 Å². The quantitative estimate of drug-likeness (QED) is 0.487. The number of carbonyl (C=O) groups excluding carboxylic acids is 2. The van der Waals surface area contributed by atoms with Crippen LogP contribution in [0.1, 0.15) is 31.7 Å². The van der Waals surface area contributed by atoms with Crippen molar-refractivity contribution in [3.63, 3.8) is 0 Å². The minimum atomic E-state index is -0.782. The number of Topliss-reactive ketones (excluding diaryl/α,β-unsaturated/α-hetero) is 1. The van der Waals surface area contributed by atoms with E-state index in [2.05, 4.69) is 11.8 Å². The number of benzene rings is 1. The molecule has 116 valence electrons. The summed E-state index contributed by atoms with van der Waals surface area (Å²) in [5.74, 6) is 4.55. The van der Waals surface area contributed by atoms with E-state index in [0.29, 0.717) is 13.0 Å². The number of hydrogen-bond acceptors (Lipinski definition) is 4. The largest absolute Gasteiger partial charge is 0.468 e. The second-order valence-corrected chi connectivity index (χ2v) is 5.39. The third-order valence-electron chi connectivity index (χ3n) is 3.89. The number of hydrogen-bond donors (Lipinski definition) is 0. The number of carbonyl (C=O) groups is 2. The molecule has 1 aromatic rings. The van der Waals surface area contributed by atoms with Gasteiger partial charge in [0, 0.05) is 12.8 Å². The Hall–Kier alpha value is -2.12. The summed E-state index contributed by atoms with van der Waals surface area (Å²) >= 11 is 0. The van der Waals surface area contributed by atoms with Gasteiger partial charge in [-0.2, -0.15) is 0 Å². The van der Waals surface area contributed by atoms with Crippen LogP contribution < -0.4 is 0 Å². The molecule has 2 rings (SSSR count). The van der Waals surface area contributed by atoms with E-state index in [1.54, 1.807) is 6.92 Å². The molecule has 0 heterocycles. The molecule has 0 bridgehead atoms. The van der Waals surface area contributed by atoms with Gasteiger partial charge in [-0.05, 0) is 18.9 Å². The molecule has 1 saturated carbocycles. The summed E-state index contributed by atoms with van der Waals surface area (Å²) in [4.78, 5) is 23.8. The molecular weight excluding hydrogens is 280 g/mol. The average molecular weight is 300 g/mol. The molecular formula is C18H20O4. The summed E-state index contributed by atoms with van der Waals surface area (Å²) in [6, 6.07) is 9.77. The zero-order valence-corrected chi connectivity index (χ0v) is 12.9. The predicted molar refractivity (Wildman–Crippen MR) is 81.8 cm³/mol. The Labute approximate surface area is 130 Å². The lowest BCUT2D eigenvalue weighted by Crippen LogP contribution is -2.44. The molecule has 0 aromatic heterocycles. The molecule has 1 aliphatic rings. The summed E-state index contributed by atoms with van der Waals surface area (Å²) in [6.07, 6.45) is 1.04. The highest BCUT2D eigenvalue weighted by atomic mass is 16.5. The number of ether oxygens (including phenoxy) is 2. The molecule has 22 heavy (non-hydrogen) atoms. The average Bonchev–Trinajstić information content (AvgIpc) is 2.56. The van der Waals surface area contributed by atoms with Crippen molar-refractivity contribution in [3.8, 4) is 11.8 Å². The zero-order chi connectivity index (χ0) is 16.0. The first-order valence-electron chi connectivity index (χ1n) is 7.32. The van der Waals surface area contributed by atoms with E-state index < -0.39 is 17.5 Å². The van der Waals surface area contributed by atoms with E-state index in [4.69, 9.17) is 9.47 Å². The first-order chi connectivity index (χ1) is 10.6. The lowest BCUT2D eigenvalue weighted by Gasteiger charge is -2.35. The minimum absolute atomic E-state index is 0.0938. The maximum Gasteiger partial charge on any atom is 0.316 e. The SMILES string of the molecule is CC#CC1(OCc2ccccc2)CCC(=O)C(C(=O)OC)C1. The van der Waals surface area contributed by atoms with Crippen molar-refractivity contribution < 1.29 is 19.1 Å². The fourth-order valence-corrected chi connectivity index (χ4v) is 2.71. The van der Waals surface area contributed by atoms with Crippen LogP contribution in [0, 0.1) is 17.8 Å². The molecule has 1 fully saturated rings. The topological polar surface area (TPSA) is 52.6 Å². The molecule has 1 aliphatic carbocycles. The summed E-state index contributed by atoms with van der Waals surface area (Å²) < 4.78 is 10.8. The molecule has 1 aromatic carbocycles. The van der Waals surface area contributed by atoms with Crippen LogP contribution in [-0.4, -0.2) is 24.5 Å². The van der Waals surface area contributed by atoms with Gasteiger partial charge in [-0.25, -0.2) is 0 Å². The monoisotopic (exact) mass is 300 g/mol. The van der Waals surface area contributed by atoms with Gasteiger partial charge >= 0.3 is 5.97 Å². The van der Waals surface area contributed by atoms with Gasteiger partial charge in [-0.1, -0.05) is 36.3 Å². The molecule has 4 nitrogen and oxygen atoms in total. The Morgan fingerprint density at radius 1 is 1.36 bits per heavy atom. The van der Waals surface area contributed by atoms with Crippen LogP contribution in [-0.2, 0) is 25.7 Å². The molecule has 4 heteroatoms. The molecule has 0 amide bonds. The van der Waals surface area contributed by atoms with E-state index in [0.717, 1.165) is 5.56 Å². The predicted octanol–water partition coefficient (Wildman–Crippen LogP) is 2.51. The first-order valence-corrected chi connectivity index (χ1v) is 7.32.